The smallest absolute Gasteiger partial charge is 0.151 e. The molecule has 0 aromatic rings. The van der Waals surface area contributed by atoms with Crippen molar-refractivity contribution >= 4 is 6.29 Å². The SMILES string of the molecule is N.O=C[C@@H](O)[C@@H](O)[C@@H](O)[C@H](O)CO. The van der Waals surface area contributed by atoms with Crippen molar-refractivity contribution < 1.29 is 30.3 Å². The molecule has 0 aromatic heterocycles. The molecule has 0 rings (SSSR count). The Morgan fingerprint density at radius 3 is 1.85 bits per heavy atom. The zero-order valence-corrected chi connectivity index (χ0v) is 6.95. The monoisotopic (exact) mass is 197 g/mol. The van der Waals surface area contributed by atoms with Crippen LogP contribution in [-0.4, -0.2) is 62.8 Å². The standard InChI is InChI=1S/C6H12O6.H3N/c7-1-3(9)5(11)6(12)4(10)2-8;/h1,3-6,8-12H,2H2;1H3/t3-,4-,5-,6+;/m1./s1. The Bertz CT molecular complexity index is 143. The van der Waals surface area contributed by atoms with Crippen LogP contribution in [0.3, 0.4) is 0 Å². The summed E-state index contributed by atoms with van der Waals surface area (Å²) < 4.78 is 0. The van der Waals surface area contributed by atoms with Gasteiger partial charge in [0.25, 0.3) is 0 Å². The maximum absolute atomic E-state index is 9.90. The van der Waals surface area contributed by atoms with Gasteiger partial charge in [-0.05, 0) is 0 Å². The molecular weight excluding hydrogens is 182 g/mol. The Balaban J connectivity index is 0. The lowest BCUT2D eigenvalue weighted by Gasteiger charge is -2.22. The lowest BCUT2D eigenvalue weighted by Crippen LogP contribution is -2.46. The molecule has 7 nitrogen and oxygen atoms in total. The number of carbonyl (C=O) groups is 1. The Morgan fingerprint density at radius 1 is 1.08 bits per heavy atom. The van der Waals surface area contributed by atoms with Gasteiger partial charge >= 0.3 is 0 Å². The molecule has 0 bridgehead atoms. The van der Waals surface area contributed by atoms with Crippen molar-refractivity contribution in [2.75, 3.05) is 6.61 Å². The fraction of sp³-hybridized carbons (Fsp3) is 0.833. The summed E-state index contributed by atoms with van der Waals surface area (Å²) in [5.41, 5.74) is 0. The van der Waals surface area contributed by atoms with Crippen molar-refractivity contribution in [3.8, 4) is 0 Å². The van der Waals surface area contributed by atoms with Gasteiger partial charge in [-0.1, -0.05) is 0 Å². The third kappa shape index (κ3) is 4.27. The molecule has 0 unspecified atom stereocenters. The summed E-state index contributed by atoms with van der Waals surface area (Å²) in [5, 5.41) is 43.5. The van der Waals surface area contributed by atoms with Gasteiger partial charge in [0.15, 0.2) is 6.29 Å². The van der Waals surface area contributed by atoms with Gasteiger partial charge in [0.05, 0.1) is 6.61 Å². The molecule has 0 aliphatic heterocycles. The van der Waals surface area contributed by atoms with Gasteiger partial charge in [0, 0.05) is 0 Å². The highest BCUT2D eigenvalue weighted by molar-refractivity contribution is 5.56. The van der Waals surface area contributed by atoms with Crippen LogP contribution in [0.1, 0.15) is 0 Å². The molecule has 0 aromatic carbocycles. The minimum atomic E-state index is -1.79. The highest BCUT2D eigenvalue weighted by Gasteiger charge is 2.29. The molecule has 0 aliphatic carbocycles. The van der Waals surface area contributed by atoms with Crippen molar-refractivity contribution in [1.82, 2.24) is 6.15 Å². The Morgan fingerprint density at radius 2 is 1.54 bits per heavy atom. The van der Waals surface area contributed by atoms with Crippen molar-refractivity contribution in [3.05, 3.63) is 0 Å². The molecule has 7 heteroatoms. The number of carbonyl (C=O) groups excluding carboxylic acids is 1. The van der Waals surface area contributed by atoms with Crippen molar-refractivity contribution in [1.29, 1.82) is 0 Å². The molecule has 0 fully saturated rings. The van der Waals surface area contributed by atoms with E-state index in [0.29, 0.717) is 0 Å². The molecule has 13 heavy (non-hydrogen) atoms. The number of aliphatic hydroxyl groups excluding tert-OH is 5. The van der Waals surface area contributed by atoms with E-state index in [4.69, 9.17) is 25.5 Å². The number of rotatable bonds is 5. The van der Waals surface area contributed by atoms with Crippen LogP contribution in [0.2, 0.25) is 0 Å². The first-order valence-electron chi connectivity index (χ1n) is 3.33. The van der Waals surface area contributed by atoms with Gasteiger partial charge in [-0.3, -0.25) is 0 Å². The molecule has 0 amide bonds. The van der Waals surface area contributed by atoms with E-state index in [1.54, 1.807) is 0 Å². The zero-order valence-electron chi connectivity index (χ0n) is 6.95. The first-order chi connectivity index (χ1) is 5.54. The van der Waals surface area contributed by atoms with E-state index >= 15 is 0 Å². The van der Waals surface area contributed by atoms with Crippen LogP contribution < -0.4 is 6.15 Å². The first kappa shape index (κ1) is 14.9. The second-order valence-corrected chi connectivity index (χ2v) is 2.36. The lowest BCUT2D eigenvalue weighted by molar-refractivity contribution is -0.136. The van der Waals surface area contributed by atoms with Crippen LogP contribution >= 0.6 is 0 Å². The van der Waals surface area contributed by atoms with E-state index in [2.05, 4.69) is 0 Å². The number of hydrogen-bond donors (Lipinski definition) is 6. The van der Waals surface area contributed by atoms with Crippen LogP contribution in [0.4, 0.5) is 0 Å². The Labute approximate surface area is 74.8 Å². The van der Waals surface area contributed by atoms with E-state index in [0.717, 1.165) is 0 Å². The molecule has 8 N–H and O–H groups in total. The summed E-state index contributed by atoms with van der Waals surface area (Å²) in [7, 11) is 0. The summed E-state index contributed by atoms with van der Waals surface area (Å²) in [4.78, 5) is 9.90. The van der Waals surface area contributed by atoms with Gasteiger partial charge in [0.2, 0.25) is 0 Å². The van der Waals surface area contributed by atoms with Crippen LogP contribution in [-0.2, 0) is 4.79 Å². The highest BCUT2D eigenvalue weighted by atomic mass is 16.4. The normalized spacial score (nSPS) is 19.5. The third-order valence-electron chi connectivity index (χ3n) is 1.42. The predicted molar refractivity (Wildman–Crippen MR) is 42.2 cm³/mol. The second-order valence-electron chi connectivity index (χ2n) is 2.36. The van der Waals surface area contributed by atoms with E-state index in [1.165, 1.54) is 0 Å². The molecule has 0 aliphatic rings. The number of hydrogen-bond acceptors (Lipinski definition) is 7. The van der Waals surface area contributed by atoms with Gasteiger partial charge in [-0.25, -0.2) is 0 Å². The second kappa shape index (κ2) is 6.89. The van der Waals surface area contributed by atoms with Crippen molar-refractivity contribution in [2.45, 2.75) is 24.4 Å². The fourth-order valence-corrected chi connectivity index (χ4v) is 0.618. The quantitative estimate of drug-likeness (QED) is 0.253. The van der Waals surface area contributed by atoms with Crippen molar-refractivity contribution in [3.63, 3.8) is 0 Å². The molecule has 0 saturated heterocycles. The zero-order chi connectivity index (χ0) is 9.72. The summed E-state index contributed by atoms with van der Waals surface area (Å²) >= 11 is 0. The third-order valence-corrected chi connectivity index (χ3v) is 1.42. The molecule has 0 saturated carbocycles. The average molecular weight is 197 g/mol. The first-order valence-corrected chi connectivity index (χ1v) is 3.33. The number of aliphatic hydroxyl groups is 5. The molecule has 80 valence electrons. The molecule has 0 radical (unpaired) electrons. The maximum Gasteiger partial charge on any atom is 0.151 e. The average Bonchev–Trinajstić information content (AvgIpc) is 2.12. The number of aldehydes is 1. The topological polar surface area (TPSA) is 153 Å². The van der Waals surface area contributed by atoms with E-state index in [1.807, 2.05) is 0 Å². The molecule has 0 heterocycles. The van der Waals surface area contributed by atoms with Crippen LogP contribution in [0.5, 0.6) is 0 Å². The van der Waals surface area contributed by atoms with Crippen molar-refractivity contribution in [2.24, 2.45) is 0 Å². The van der Waals surface area contributed by atoms with Crippen LogP contribution in [0.15, 0.2) is 0 Å². The van der Waals surface area contributed by atoms with E-state index in [9.17, 15) is 4.79 Å². The van der Waals surface area contributed by atoms with Gasteiger partial charge in [-0.2, -0.15) is 0 Å². The molecular formula is C6H15NO6. The van der Waals surface area contributed by atoms with Gasteiger partial charge in [0.1, 0.15) is 24.4 Å². The lowest BCUT2D eigenvalue weighted by atomic mass is 10.0. The maximum atomic E-state index is 9.90. The summed E-state index contributed by atoms with van der Waals surface area (Å²) in [6.45, 7) is -0.760. The predicted octanol–water partition coefficient (Wildman–Crippen LogP) is -3.22. The largest absolute Gasteiger partial charge is 0.394 e. The highest BCUT2D eigenvalue weighted by Crippen LogP contribution is 2.02. The minimum Gasteiger partial charge on any atom is -0.394 e. The summed E-state index contributed by atoms with van der Waals surface area (Å²) in [5.74, 6) is 0. The van der Waals surface area contributed by atoms with Crippen LogP contribution in [0.25, 0.3) is 0 Å². The van der Waals surface area contributed by atoms with Gasteiger partial charge in [-0.15, -0.1) is 0 Å². The van der Waals surface area contributed by atoms with Crippen LogP contribution in [0, 0.1) is 0 Å². The summed E-state index contributed by atoms with van der Waals surface area (Å²) in [6, 6.07) is 0. The van der Waals surface area contributed by atoms with E-state index < -0.39 is 31.0 Å². The molecule has 0 spiro atoms. The van der Waals surface area contributed by atoms with Gasteiger partial charge < -0.3 is 36.5 Å². The van der Waals surface area contributed by atoms with E-state index in [-0.39, 0.29) is 12.4 Å². The molecule has 4 atom stereocenters. The Kier molecular flexibility index (Phi) is 7.92. The minimum absolute atomic E-state index is 0. The Hall–Kier alpha value is -0.570. The summed E-state index contributed by atoms with van der Waals surface area (Å²) in [6.07, 6.45) is -6.84. The fourth-order valence-electron chi connectivity index (χ4n) is 0.618.